The van der Waals surface area contributed by atoms with E-state index in [1.54, 1.807) is 0 Å². The molecule has 0 aliphatic heterocycles. The summed E-state index contributed by atoms with van der Waals surface area (Å²) in [6.45, 7) is 4.07. The second-order valence-corrected chi connectivity index (χ2v) is 19.2. The predicted octanol–water partition coefficient (Wildman–Crippen LogP) is 14.2. The van der Waals surface area contributed by atoms with E-state index in [-0.39, 0.29) is 26.1 Å². The van der Waals surface area contributed by atoms with Gasteiger partial charge in [-0.3, -0.25) is 14.2 Å². The van der Waals surface area contributed by atoms with Crippen LogP contribution >= 0.6 is 7.82 Å². The SMILES string of the molecule is CC/C=C\C/C=C\C/C=C\C/C=C\C/C=C\CCCC(=O)O[C@H](COC(=O)CCCCCCCCCCCCCCCCCCCCCCC)COP(=O)([O-])OCC[N+](C)(C)C. The van der Waals surface area contributed by atoms with Crippen LogP contribution in [0.3, 0.4) is 0 Å². The monoisotopic (exact) mass is 892 g/mol. The molecule has 0 aromatic rings. The van der Waals surface area contributed by atoms with E-state index in [4.69, 9.17) is 18.5 Å². The minimum absolute atomic E-state index is 0.0426. The number of allylic oxidation sites excluding steroid dienone is 10. The molecule has 0 bridgehead atoms. The largest absolute Gasteiger partial charge is 0.756 e. The Morgan fingerprint density at radius 2 is 0.919 bits per heavy atom. The van der Waals surface area contributed by atoms with Crippen molar-refractivity contribution in [3.05, 3.63) is 60.8 Å². The third-order valence-corrected chi connectivity index (χ3v) is 11.5. The van der Waals surface area contributed by atoms with Gasteiger partial charge in [-0.2, -0.15) is 0 Å². The molecule has 0 aliphatic carbocycles. The third-order valence-electron chi connectivity index (χ3n) is 10.6. The molecule has 0 amide bonds. The van der Waals surface area contributed by atoms with Crippen LogP contribution in [0.15, 0.2) is 60.8 Å². The summed E-state index contributed by atoms with van der Waals surface area (Å²) in [7, 11) is 1.13. The van der Waals surface area contributed by atoms with Gasteiger partial charge in [-0.05, 0) is 51.4 Å². The molecular weight excluding hydrogens is 798 g/mol. The van der Waals surface area contributed by atoms with Gasteiger partial charge in [0.2, 0.25) is 0 Å². The van der Waals surface area contributed by atoms with Crippen LogP contribution in [-0.2, 0) is 32.7 Å². The number of ether oxygens (including phenoxy) is 2. The zero-order chi connectivity index (χ0) is 45.7. The topological polar surface area (TPSA) is 111 Å². The van der Waals surface area contributed by atoms with Crippen molar-refractivity contribution < 1.29 is 42.1 Å². The lowest BCUT2D eigenvalue weighted by atomic mass is 10.0. The normalized spacial score (nSPS) is 14.0. The number of rotatable bonds is 45. The number of nitrogens with zero attached hydrogens (tertiary/aromatic N) is 1. The second-order valence-electron chi connectivity index (χ2n) is 17.8. The zero-order valence-corrected chi connectivity index (χ0v) is 41.4. The Morgan fingerprint density at radius 1 is 0.516 bits per heavy atom. The van der Waals surface area contributed by atoms with E-state index < -0.39 is 32.5 Å². The molecule has 9 nitrogen and oxygen atoms in total. The summed E-state index contributed by atoms with van der Waals surface area (Å²) in [6, 6.07) is 0. The molecular formula is C52H94NO8P. The lowest BCUT2D eigenvalue weighted by Crippen LogP contribution is -2.37. The highest BCUT2D eigenvalue weighted by Crippen LogP contribution is 2.38. The van der Waals surface area contributed by atoms with Crippen LogP contribution in [0.1, 0.15) is 206 Å². The number of likely N-dealkylation sites (N-methyl/N-ethyl adjacent to an activating group) is 1. The number of phosphoric ester groups is 1. The Labute approximate surface area is 381 Å². The van der Waals surface area contributed by atoms with E-state index >= 15 is 0 Å². The molecule has 10 heteroatoms. The quantitative estimate of drug-likeness (QED) is 0.0195. The van der Waals surface area contributed by atoms with Crippen LogP contribution in [0.2, 0.25) is 0 Å². The van der Waals surface area contributed by atoms with Crippen molar-refractivity contribution in [1.82, 2.24) is 0 Å². The standard InChI is InChI=1S/C52H94NO8P/c1-6-8-10-12-14-16-18-20-22-24-25-26-27-29-30-32-34-36-38-40-42-44-51(54)58-48-50(49-60-62(56,57)59-47-46-53(3,4)5)61-52(55)45-43-41-39-37-35-33-31-28-23-21-19-17-15-13-11-9-7-2/h9,11,15,17,21,23,31,33,37,39,50H,6-8,10,12-14,16,18-20,22,24-30,32,34-36,38,40-49H2,1-5H3/b11-9-,17-15-,23-21-,33-31-,39-37-/t50-/m1/s1. The zero-order valence-electron chi connectivity index (χ0n) is 40.6. The fourth-order valence-electron chi connectivity index (χ4n) is 6.69. The highest BCUT2D eigenvalue weighted by Gasteiger charge is 2.21. The molecule has 0 aliphatic rings. The number of hydrogen-bond acceptors (Lipinski definition) is 8. The van der Waals surface area contributed by atoms with Gasteiger partial charge in [0.1, 0.15) is 19.8 Å². The first-order chi connectivity index (χ1) is 30.0. The molecule has 0 aromatic carbocycles. The van der Waals surface area contributed by atoms with Gasteiger partial charge in [0.25, 0.3) is 7.82 Å². The average molecular weight is 892 g/mol. The predicted molar refractivity (Wildman–Crippen MR) is 259 cm³/mol. The summed E-state index contributed by atoms with van der Waals surface area (Å²) in [5, 5.41) is 0. The molecule has 0 rings (SSSR count). The second kappa shape index (κ2) is 43.9. The fourth-order valence-corrected chi connectivity index (χ4v) is 7.42. The highest BCUT2D eigenvalue weighted by atomic mass is 31.2. The Kier molecular flexibility index (Phi) is 42.3. The fraction of sp³-hybridized carbons (Fsp3) is 0.769. The van der Waals surface area contributed by atoms with Crippen molar-refractivity contribution in [2.24, 2.45) is 0 Å². The summed E-state index contributed by atoms with van der Waals surface area (Å²) >= 11 is 0. The Morgan fingerprint density at radius 3 is 1.35 bits per heavy atom. The van der Waals surface area contributed by atoms with E-state index in [0.29, 0.717) is 23.9 Å². The first kappa shape index (κ1) is 59.7. The molecule has 0 aromatic heterocycles. The lowest BCUT2D eigenvalue weighted by Gasteiger charge is -2.28. The summed E-state index contributed by atoms with van der Waals surface area (Å²) in [4.78, 5) is 37.6. The number of phosphoric acid groups is 1. The minimum Gasteiger partial charge on any atom is -0.756 e. The van der Waals surface area contributed by atoms with Gasteiger partial charge in [-0.15, -0.1) is 0 Å². The number of unbranched alkanes of at least 4 members (excludes halogenated alkanes) is 21. The van der Waals surface area contributed by atoms with Crippen molar-refractivity contribution in [2.75, 3.05) is 47.5 Å². The van der Waals surface area contributed by atoms with Gasteiger partial charge >= 0.3 is 11.9 Å². The summed E-state index contributed by atoms with van der Waals surface area (Å²) in [5.41, 5.74) is 0. The first-order valence-corrected chi connectivity index (χ1v) is 26.5. The molecule has 2 atom stereocenters. The van der Waals surface area contributed by atoms with E-state index in [2.05, 4.69) is 68.5 Å². The molecule has 62 heavy (non-hydrogen) atoms. The minimum atomic E-state index is -4.65. The molecule has 360 valence electrons. The molecule has 1 unspecified atom stereocenters. The van der Waals surface area contributed by atoms with Crippen molar-refractivity contribution in [1.29, 1.82) is 0 Å². The molecule has 0 radical (unpaired) electrons. The maximum absolute atomic E-state index is 12.7. The number of hydrogen-bond donors (Lipinski definition) is 0. The Hall–Kier alpha value is -2.29. The highest BCUT2D eigenvalue weighted by molar-refractivity contribution is 7.45. The van der Waals surface area contributed by atoms with Gasteiger partial charge in [-0.1, -0.05) is 203 Å². The molecule has 0 saturated carbocycles. The van der Waals surface area contributed by atoms with Crippen LogP contribution < -0.4 is 4.89 Å². The van der Waals surface area contributed by atoms with Crippen molar-refractivity contribution >= 4 is 19.8 Å². The lowest BCUT2D eigenvalue weighted by molar-refractivity contribution is -0.870. The molecule has 0 heterocycles. The van der Waals surface area contributed by atoms with Crippen molar-refractivity contribution in [3.8, 4) is 0 Å². The molecule has 0 N–H and O–H groups in total. The Balaban J connectivity index is 4.31. The molecule has 0 fully saturated rings. The van der Waals surface area contributed by atoms with E-state index in [9.17, 15) is 19.0 Å². The maximum Gasteiger partial charge on any atom is 0.306 e. The van der Waals surface area contributed by atoms with Gasteiger partial charge in [0.05, 0.1) is 27.7 Å². The summed E-state index contributed by atoms with van der Waals surface area (Å²) < 4.78 is 33.9. The van der Waals surface area contributed by atoms with Gasteiger partial charge in [0.15, 0.2) is 6.10 Å². The summed E-state index contributed by atoms with van der Waals surface area (Å²) in [5.74, 6) is -0.898. The van der Waals surface area contributed by atoms with Crippen molar-refractivity contribution in [3.63, 3.8) is 0 Å². The first-order valence-electron chi connectivity index (χ1n) is 25.0. The maximum atomic E-state index is 12.7. The average Bonchev–Trinajstić information content (AvgIpc) is 3.23. The van der Waals surface area contributed by atoms with Crippen LogP contribution in [0, 0.1) is 0 Å². The number of carbonyl (C=O) groups excluding carboxylic acids is 2. The van der Waals surface area contributed by atoms with Crippen molar-refractivity contribution in [2.45, 2.75) is 213 Å². The summed E-state index contributed by atoms with van der Waals surface area (Å²) in [6.07, 6.45) is 54.1. The number of carbonyl (C=O) groups is 2. The Bertz CT molecular complexity index is 1240. The molecule has 0 saturated heterocycles. The third kappa shape index (κ3) is 47.2. The van der Waals surface area contributed by atoms with E-state index in [1.807, 2.05) is 27.2 Å². The smallest absolute Gasteiger partial charge is 0.306 e. The van der Waals surface area contributed by atoms with Crippen LogP contribution in [0.5, 0.6) is 0 Å². The van der Waals surface area contributed by atoms with E-state index in [1.165, 1.54) is 116 Å². The van der Waals surface area contributed by atoms with E-state index in [0.717, 1.165) is 51.4 Å². The van der Waals surface area contributed by atoms with Crippen LogP contribution in [0.4, 0.5) is 0 Å². The van der Waals surface area contributed by atoms with Crippen LogP contribution in [0.25, 0.3) is 0 Å². The number of quaternary nitrogens is 1. The number of esters is 2. The van der Waals surface area contributed by atoms with Gasteiger partial charge in [-0.25, -0.2) is 0 Å². The molecule has 0 spiro atoms. The van der Waals surface area contributed by atoms with Gasteiger partial charge in [0, 0.05) is 12.8 Å². The van der Waals surface area contributed by atoms with Gasteiger partial charge < -0.3 is 27.9 Å². The van der Waals surface area contributed by atoms with Crippen LogP contribution in [-0.4, -0.2) is 70.0 Å².